The normalized spacial score (nSPS) is 18.3. The third-order valence-electron chi connectivity index (χ3n) is 5.97. The molecule has 3 aromatic rings. The molecule has 0 atom stereocenters. The maximum atomic E-state index is 13.8. The number of pyridine rings is 1. The molecule has 1 aliphatic rings. The van der Waals surface area contributed by atoms with E-state index in [4.69, 9.17) is 0 Å². The van der Waals surface area contributed by atoms with Gasteiger partial charge in [0, 0.05) is 18.2 Å². The molecule has 7 heteroatoms. The van der Waals surface area contributed by atoms with Gasteiger partial charge in [-0.1, -0.05) is 12.1 Å². The van der Waals surface area contributed by atoms with Gasteiger partial charge in [-0.3, -0.25) is 4.79 Å². The summed E-state index contributed by atoms with van der Waals surface area (Å²) in [5.74, 6) is -1.47. The van der Waals surface area contributed by atoms with Crippen molar-refractivity contribution in [2.75, 3.05) is 11.9 Å². The summed E-state index contributed by atoms with van der Waals surface area (Å²) in [5, 5.41) is 22.8. The standard InChI is InChI=1S/C25H24F2N2O3/c26-19-9-17(10-20(27)13-19)18-11-22(21-3-1-2-4-23(21)30)29-24(12-18)28-14-15-5-7-16(8-6-15)25(31)32/h1-4,9-13,15-16,30H,5-8,14H2,(H,28,29)(H,31,32). The van der Waals surface area contributed by atoms with E-state index >= 15 is 0 Å². The Morgan fingerprint density at radius 2 is 1.62 bits per heavy atom. The molecule has 2 aromatic carbocycles. The largest absolute Gasteiger partial charge is 0.507 e. The Balaban J connectivity index is 1.62. The maximum Gasteiger partial charge on any atom is 0.306 e. The molecule has 0 amide bonds. The number of carboxylic acid groups (broad SMARTS) is 1. The number of nitrogens with one attached hydrogen (secondary N) is 1. The average Bonchev–Trinajstić information content (AvgIpc) is 2.77. The number of carbonyl (C=O) groups is 1. The molecule has 0 spiro atoms. The first-order valence-electron chi connectivity index (χ1n) is 10.6. The van der Waals surface area contributed by atoms with E-state index in [0.717, 1.165) is 18.9 Å². The lowest BCUT2D eigenvalue weighted by atomic mass is 9.82. The lowest BCUT2D eigenvalue weighted by Gasteiger charge is -2.26. The zero-order valence-electron chi connectivity index (χ0n) is 17.4. The van der Waals surface area contributed by atoms with E-state index in [1.807, 2.05) is 0 Å². The van der Waals surface area contributed by atoms with Gasteiger partial charge < -0.3 is 15.5 Å². The number of phenolic OH excluding ortho intramolecular Hbond substituents is 1. The van der Waals surface area contributed by atoms with Gasteiger partial charge in [-0.2, -0.15) is 0 Å². The molecule has 32 heavy (non-hydrogen) atoms. The molecule has 1 fully saturated rings. The number of rotatable bonds is 6. The number of carboxylic acids is 1. The van der Waals surface area contributed by atoms with Gasteiger partial charge in [0.15, 0.2) is 0 Å². The molecule has 0 radical (unpaired) electrons. The van der Waals surface area contributed by atoms with Crippen LogP contribution < -0.4 is 5.32 Å². The minimum Gasteiger partial charge on any atom is -0.507 e. The van der Waals surface area contributed by atoms with Gasteiger partial charge in [0.25, 0.3) is 0 Å². The van der Waals surface area contributed by atoms with Crippen LogP contribution in [0.2, 0.25) is 0 Å². The van der Waals surface area contributed by atoms with Gasteiger partial charge >= 0.3 is 5.97 Å². The van der Waals surface area contributed by atoms with E-state index in [9.17, 15) is 23.8 Å². The number of hydrogen-bond acceptors (Lipinski definition) is 4. The summed E-state index contributed by atoms with van der Waals surface area (Å²) in [4.78, 5) is 15.8. The Morgan fingerprint density at radius 3 is 2.28 bits per heavy atom. The highest BCUT2D eigenvalue weighted by Gasteiger charge is 2.25. The summed E-state index contributed by atoms with van der Waals surface area (Å²) >= 11 is 0. The molecule has 0 saturated heterocycles. The van der Waals surface area contributed by atoms with Crippen LogP contribution in [0.5, 0.6) is 5.75 Å². The SMILES string of the molecule is O=C(O)C1CCC(CNc2cc(-c3cc(F)cc(F)c3)cc(-c3ccccc3O)n2)CC1. The van der Waals surface area contributed by atoms with Crippen molar-refractivity contribution < 1.29 is 23.8 Å². The van der Waals surface area contributed by atoms with Crippen molar-refractivity contribution in [3.05, 3.63) is 66.2 Å². The van der Waals surface area contributed by atoms with Crippen LogP contribution in [0.25, 0.3) is 22.4 Å². The zero-order valence-corrected chi connectivity index (χ0v) is 17.4. The first kappa shape index (κ1) is 21.7. The number of aromatic nitrogens is 1. The summed E-state index contributed by atoms with van der Waals surface area (Å²) < 4.78 is 27.7. The van der Waals surface area contributed by atoms with Crippen molar-refractivity contribution in [3.63, 3.8) is 0 Å². The highest BCUT2D eigenvalue weighted by atomic mass is 19.1. The fourth-order valence-electron chi connectivity index (χ4n) is 4.20. The molecule has 0 bridgehead atoms. The van der Waals surface area contributed by atoms with E-state index in [-0.39, 0.29) is 11.7 Å². The van der Waals surface area contributed by atoms with Crippen molar-refractivity contribution in [1.82, 2.24) is 4.98 Å². The van der Waals surface area contributed by atoms with Crippen molar-refractivity contribution in [1.29, 1.82) is 0 Å². The molecule has 0 aliphatic heterocycles. The summed E-state index contributed by atoms with van der Waals surface area (Å²) in [6.45, 7) is 0.612. The molecule has 1 aliphatic carbocycles. The van der Waals surface area contributed by atoms with Crippen LogP contribution in [0.1, 0.15) is 25.7 Å². The lowest BCUT2D eigenvalue weighted by molar-refractivity contribution is -0.143. The van der Waals surface area contributed by atoms with Crippen LogP contribution >= 0.6 is 0 Å². The highest BCUT2D eigenvalue weighted by Crippen LogP contribution is 2.34. The first-order valence-corrected chi connectivity index (χ1v) is 10.6. The van der Waals surface area contributed by atoms with Crippen LogP contribution in [0.4, 0.5) is 14.6 Å². The molecule has 1 saturated carbocycles. The van der Waals surface area contributed by atoms with Gasteiger partial charge in [0.05, 0.1) is 11.6 Å². The van der Waals surface area contributed by atoms with Crippen molar-refractivity contribution in [2.45, 2.75) is 25.7 Å². The second-order valence-corrected chi connectivity index (χ2v) is 8.24. The minimum absolute atomic E-state index is 0.0560. The summed E-state index contributed by atoms with van der Waals surface area (Å²) in [6.07, 6.45) is 2.93. The van der Waals surface area contributed by atoms with Crippen molar-refractivity contribution in [3.8, 4) is 28.1 Å². The van der Waals surface area contributed by atoms with Crippen molar-refractivity contribution in [2.24, 2.45) is 11.8 Å². The van der Waals surface area contributed by atoms with Gasteiger partial charge in [0.2, 0.25) is 0 Å². The monoisotopic (exact) mass is 438 g/mol. The third-order valence-corrected chi connectivity index (χ3v) is 5.97. The number of aromatic hydroxyl groups is 1. The molecule has 166 valence electrons. The zero-order chi connectivity index (χ0) is 22.7. The van der Waals surface area contributed by atoms with Crippen LogP contribution in [0.3, 0.4) is 0 Å². The Bertz CT molecular complexity index is 1110. The van der Waals surface area contributed by atoms with Gasteiger partial charge in [0.1, 0.15) is 23.2 Å². The maximum absolute atomic E-state index is 13.8. The molecule has 5 nitrogen and oxygen atoms in total. The van der Waals surface area contributed by atoms with Crippen LogP contribution in [0, 0.1) is 23.5 Å². The summed E-state index contributed by atoms with van der Waals surface area (Å²) in [5.41, 5.74) is 1.92. The van der Waals surface area contributed by atoms with Crippen molar-refractivity contribution >= 4 is 11.8 Å². The highest BCUT2D eigenvalue weighted by molar-refractivity contribution is 5.76. The summed E-state index contributed by atoms with van der Waals surface area (Å²) in [6, 6.07) is 13.5. The molecular weight excluding hydrogens is 414 g/mol. The second-order valence-electron chi connectivity index (χ2n) is 8.24. The van der Waals surface area contributed by atoms with Crippen LogP contribution in [-0.4, -0.2) is 27.7 Å². The molecule has 3 N–H and O–H groups in total. The number of halogens is 2. The molecular formula is C25H24F2N2O3. The Labute approximate surface area is 184 Å². The lowest BCUT2D eigenvalue weighted by Crippen LogP contribution is -2.25. The Hall–Kier alpha value is -3.48. The van der Waals surface area contributed by atoms with Gasteiger partial charge in [-0.15, -0.1) is 0 Å². The molecule has 1 heterocycles. The number of aliphatic carboxylic acids is 1. The second kappa shape index (κ2) is 9.34. The Morgan fingerprint density at radius 1 is 0.969 bits per heavy atom. The molecule has 1 aromatic heterocycles. The van der Waals surface area contributed by atoms with E-state index in [1.165, 1.54) is 12.1 Å². The number of benzene rings is 2. The van der Waals surface area contributed by atoms with Gasteiger partial charge in [-0.25, -0.2) is 13.8 Å². The van der Waals surface area contributed by atoms with Gasteiger partial charge in [-0.05, 0) is 79.1 Å². The predicted molar refractivity (Wildman–Crippen MR) is 118 cm³/mol. The van der Waals surface area contributed by atoms with Crippen LogP contribution in [0.15, 0.2) is 54.6 Å². The fraction of sp³-hybridized carbons (Fsp3) is 0.280. The average molecular weight is 438 g/mol. The van der Waals surface area contributed by atoms with Crippen LogP contribution in [-0.2, 0) is 4.79 Å². The Kier molecular flexibility index (Phi) is 6.35. The number of hydrogen-bond donors (Lipinski definition) is 3. The quantitative estimate of drug-likeness (QED) is 0.460. The minimum atomic E-state index is -0.736. The smallest absolute Gasteiger partial charge is 0.306 e. The molecule has 4 rings (SSSR count). The molecule has 0 unspecified atom stereocenters. The van der Waals surface area contributed by atoms with E-state index in [1.54, 1.807) is 36.4 Å². The number of phenols is 1. The first-order chi connectivity index (χ1) is 15.4. The number of nitrogens with zero attached hydrogens (tertiary/aromatic N) is 1. The van der Waals surface area contributed by atoms with E-state index < -0.39 is 17.6 Å². The van der Waals surface area contributed by atoms with E-state index in [2.05, 4.69) is 10.3 Å². The topological polar surface area (TPSA) is 82.5 Å². The van der Waals surface area contributed by atoms with E-state index in [0.29, 0.717) is 53.5 Å². The third kappa shape index (κ3) is 5.04. The summed E-state index contributed by atoms with van der Waals surface area (Å²) in [7, 11) is 0. The number of anilines is 1. The number of para-hydroxylation sites is 1. The predicted octanol–water partition coefficient (Wildman–Crippen LogP) is 5.70. The fourth-order valence-corrected chi connectivity index (χ4v) is 4.20.